The van der Waals surface area contributed by atoms with Crippen molar-refractivity contribution in [2.24, 2.45) is 0 Å². The molecule has 14 aromatic rings. The molecule has 1 aromatic heterocycles. The number of H-pyrrole nitrogens is 1. The molecule has 8 N–H and O–H groups in total. The number of hydrogen-bond donors (Lipinski definition) is 8. The molecule has 0 aliphatic carbocycles. The van der Waals surface area contributed by atoms with Gasteiger partial charge in [-0.15, -0.1) is 11.8 Å². The SMILES string of the molecule is COc1ccccc1CCC(=O)Cc1cc(C)ccc1O.Cc1ccc(O)c(CC(=O)CCc2c(Cl)cccc2Cl)c1.Cc1ccc(O)c(CC(=O)CCc2ccccc2C)c1.Cc1ccc(O)c(CC(=O)CCc2ccccc2Cl)c1.Cc1ccc(O)c(CC(=O)CCc2ccccc2F)c1.Cc1ccc(O)c(CC(=O)CSc2ccccc2)c1.Cc1ccc(O)c(CC(=O)CSc2n[nH]c(C)c2[N+](=O)[O-])c1. The lowest BCUT2D eigenvalue weighted by Crippen LogP contribution is -2.06. The number of nitrogens with zero attached hydrogens (tertiary/aromatic N) is 2. The molecule has 0 aliphatic heterocycles. The van der Waals surface area contributed by atoms with Crippen LogP contribution in [0, 0.1) is 78.2 Å². The van der Waals surface area contributed by atoms with Gasteiger partial charge in [-0.05, 0) is 213 Å². The van der Waals surface area contributed by atoms with Gasteiger partial charge < -0.3 is 40.5 Å². The smallest absolute Gasteiger partial charge is 0.323 e. The molecule has 0 bridgehead atoms. The number of aryl methyl sites for hydroxylation is 13. The first-order chi connectivity index (χ1) is 68.3. The van der Waals surface area contributed by atoms with E-state index in [1.54, 1.807) is 117 Å². The average Bonchev–Trinajstić information content (AvgIpc) is 1.74. The van der Waals surface area contributed by atoms with Crippen LogP contribution in [0.25, 0.3) is 0 Å². The first-order valence-corrected chi connectivity index (χ1v) is 49.6. The minimum absolute atomic E-state index is 0.00541. The number of rotatable bonds is 37. The molecule has 0 saturated carbocycles. The fourth-order valence-corrected chi connectivity index (χ4v) is 17.4. The van der Waals surface area contributed by atoms with Crippen molar-refractivity contribution in [2.45, 2.75) is 181 Å². The number of thioether (sulfide) groups is 2. The number of nitro groups is 1. The van der Waals surface area contributed by atoms with Crippen LogP contribution < -0.4 is 4.74 Å². The maximum atomic E-state index is 13.4. The van der Waals surface area contributed by atoms with Crippen LogP contribution in [0.1, 0.15) is 149 Å². The summed E-state index contributed by atoms with van der Waals surface area (Å²) in [6.45, 7) is 17.1. The summed E-state index contributed by atoms with van der Waals surface area (Å²) in [5.74, 6) is 2.55. The van der Waals surface area contributed by atoms with Gasteiger partial charge in [0.2, 0.25) is 0 Å². The largest absolute Gasteiger partial charge is 0.508 e. The van der Waals surface area contributed by atoms with E-state index < -0.39 is 4.92 Å². The standard InChI is InChI=1S/C18H20O3.C18H20O2.C17H16Cl2O2.C17H17ClO2.C17H17FO2.C16H16O2S.C14H15N3O4S/c1-13-7-10-17(20)15(11-13)12-16(19)9-8-14-5-3-4-6-18(14)21-2;1-13-7-10-18(20)16(11-13)12-17(19)9-8-15-6-4-3-5-14(15)2;1-11-5-8-17(21)12(9-11)10-13(20)6-7-14-15(18)3-2-4-16(14)19;2*1-12-6-9-17(20)14(10-12)11-15(19)8-7-13-4-2-3-5-16(13)18;1-12-7-8-16(18)13(9-12)10-14(17)11-19-15-5-3-2-4-6-15;1-8-3-4-12(19)10(5-8)6-11(18)7-22-14-13(17(20)21)9(2)15-16-14/h3-7,10-11,20H,8-9,12H2,1-2H3;3-7,10-11,20H,8-9,12H2,1-2H3;2-5,8-9,21H,6-7,10H2,1H3;2*2-6,9-10,20H,7-8,11H2,1H3;2-9,18H,10-11H2,1H3;3-5,19H,6-7H2,1-2H3,(H,15,16). The van der Waals surface area contributed by atoms with Gasteiger partial charge in [-0.1, -0.05) is 274 Å². The molecule has 0 fully saturated rings. The summed E-state index contributed by atoms with van der Waals surface area (Å²) in [6, 6.07) is 81.9. The van der Waals surface area contributed by atoms with Crippen molar-refractivity contribution in [3.8, 4) is 46.0 Å². The topological polar surface area (TPSA) is 342 Å². The molecule has 746 valence electrons. The lowest BCUT2D eigenvalue weighted by molar-refractivity contribution is -0.388. The highest BCUT2D eigenvalue weighted by Gasteiger charge is 2.24. The van der Waals surface area contributed by atoms with Crippen LogP contribution in [0.15, 0.2) is 283 Å². The molecule has 0 atom stereocenters. The van der Waals surface area contributed by atoms with E-state index in [1.165, 1.54) is 29.0 Å². The second-order valence-electron chi connectivity index (χ2n) is 34.7. The monoisotopic (exact) mass is 2030 g/mol. The van der Waals surface area contributed by atoms with Gasteiger partial charge in [0.1, 0.15) is 98.0 Å². The summed E-state index contributed by atoms with van der Waals surface area (Å²) >= 11 is 20.8. The Kier molecular flexibility index (Phi) is 47.2. The summed E-state index contributed by atoms with van der Waals surface area (Å²) < 4.78 is 18.7. The molecule has 0 saturated heterocycles. The maximum Gasteiger partial charge on any atom is 0.323 e. The lowest BCUT2D eigenvalue weighted by atomic mass is 9.99. The molecule has 0 spiro atoms. The predicted molar refractivity (Wildman–Crippen MR) is 569 cm³/mol. The molecule has 1 heterocycles. The lowest BCUT2D eigenvalue weighted by Gasteiger charge is -2.08. The van der Waals surface area contributed by atoms with Gasteiger partial charge in [-0.25, -0.2) is 4.39 Å². The van der Waals surface area contributed by atoms with Crippen LogP contribution in [0.5, 0.6) is 46.0 Å². The van der Waals surface area contributed by atoms with Crippen molar-refractivity contribution < 1.29 is 83.4 Å². The molecule has 0 radical (unpaired) electrons. The van der Waals surface area contributed by atoms with E-state index in [-0.39, 0.29) is 148 Å². The Balaban J connectivity index is 0.000000204. The number of benzene rings is 13. The van der Waals surface area contributed by atoms with Crippen LogP contribution in [0.4, 0.5) is 10.1 Å². The zero-order chi connectivity index (χ0) is 104. The van der Waals surface area contributed by atoms with Gasteiger partial charge in [0.05, 0.1) is 23.5 Å². The third kappa shape index (κ3) is 40.2. The van der Waals surface area contributed by atoms with Gasteiger partial charge in [0.25, 0.3) is 0 Å². The van der Waals surface area contributed by atoms with Gasteiger partial charge in [-0.3, -0.25) is 48.8 Å². The number of Topliss-reactive ketones (excluding diaryl/α,β-unsaturated/α-hetero) is 7. The van der Waals surface area contributed by atoms with Crippen LogP contribution in [-0.2, 0) is 111 Å². The number of para-hydroxylation sites is 1. The Bertz CT molecular complexity index is 6400. The zero-order valence-electron chi connectivity index (χ0n) is 81.9. The first-order valence-electron chi connectivity index (χ1n) is 46.5. The molecular formula is C117H121Cl3FN3O17S2. The molecule has 143 heavy (non-hydrogen) atoms. The fourth-order valence-electron chi connectivity index (χ4n) is 14.9. The van der Waals surface area contributed by atoms with E-state index >= 15 is 0 Å². The van der Waals surface area contributed by atoms with Crippen molar-refractivity contribution in [3.63, 3.8) is 0 Å². The van der Waals surface area contributed by atoms with E-state index in [0.29, 0.717) is 123 Å². The van der Waals surface area contributed by atoms with Gasteiger partial charge in [0, 0.05) is 136 Å². The third-order valence-corrected chi connectivity index (χ3v) is 25.9. The highest BCUT2D eigenvalue weighted by atomic mass is 35.5. The van der Waals surface area contributed by atoms with Crippen molar-refractivity contribution >= 4 is 104 Å². The van der Waals surface area contributed by atoms with Crippen LogP contribution in [0.3, 0.4) is 0 Å². The zero-order valence-corrected chi connectivity index (χ0v) is 85.8. The van der Waals surface area contributed by atoms with E-state index in [0.717, 1.165) is 90.0 Å². The number of phenols is 7. The number of nitrogens with one attached hydrogen (secondary N) is 1. The fraction of sp³-hybridized carbons (Fsp3) is 0.248. The highest BCUT2D eigenvalue weighted by Crippen LogP contribution is 2.34. The van der Waals surface area contributed by atoms with Crippen LogP contribution >= 0.6 is 58.3 Å². The number of aromatic amines is 1. The van der Waals surface area contributed by atoms with Crippen LogP contribution in [0.2, 0.25) is 15.1 Å². The number of hydrogen-bond acceptors (Lipinski definition) is 20. The number of phenolic OH excluding ortho intramolecular Hbond substituents is 7. The van der Waals surface area contributed by atoms with Gasteiger partial charge in [-0.2, -0.15) is 5.10 Å². The Morgan fingerprint density at radius 1 is 0.336 bits per heavy atom. The van der Waals surface area contributed by atoms with E-state index in [1.807, 2.05) is 200 Å². The Morgan fingerprint density at radius 2 is 0.629 bits per heavy atom. The predicted octanol–water partition coefficient (Wildman–Crippen LogP) is 25.8. The Labute approximate surface area is 859 Å². The summed E-state index contributed by atoms with van der Waals surface area (Å²) in [7, 11) is 1.63. The Hall–Kier alpha value is -13.9. The van der Waals surface area contributed by atoms with E-state index in [9.17, 15) is 83.8 Å². The summed E-state index contributed by atoms with van der Waals surface area (Å²) in [6.07, 6.45) is 6.53. The molecule has 20 nitrogen and oxygen atoms in total. The molecule has 14 rings (SSSR count). The van der Waals surface area contributed by atoms with Gasteiger partial charge in [0.15, 0.2) is 5.03 Å². The molecule has 0 unspecified atom stereocenters. The number of carbonyl (C=O) groups excluding carboxylic acids is 7. The Morgan fingerprint density at radius 3 is 0.993 bits per heavy atom. The van der Waals surface area contributed by atoms with Crippen molar-refractivity contribution in [3.05, 3.63) is 421 Å². The van der Waals surface area contributed by atoms with Crippen molar-refractivity contribution in [1.29, 1.82) is 0 Å². The highest BCUT2D eigenvalue weighted by molar-refractivity contribution is 8.00. The molecular weight excluding hydrogens is 1910 g/mol. The molecule has 0 aliphatic rings. The second kappa shape index (κ2) is 59.1. The second-order valence-corrected chi connectivity index (χ2v) is 37.9. The minimum Gasteiger partial charge on any atom is -0.508 e. The summed E-state index contributed by atoms with van der Waals surface area (Å²) in [5.41, 5.74) is 17.9. The summed E-state index contributed by atoms with van der Waals surface area (Å²) in [5, 5.41) is 87.5. The summed E-state index contributed by atoms with van der Waals surface area (Å²) in [4.78, 5) is 95.6. The number of aromatic hydroxyl groups is 7. The maximum absolute atomic E-state index is 13.4. The molecule has 13 aromatic carbocycles. The number of halogens is 4. The first kappa shape index (κ1) is 114. The average molecular weight is 2030 g/mol. The quantitative estimate of drug-likeness (QED) is 0.0102. The van der Waals surface area contributed by atoms with E-state index in [2.05, 4.69) is 29.3 Å². The van der Waals surface area contributed by atoms with E-state index in [4.69, 9.17) is 39.5 Å². The third-order valence-electron chi connectivity index (χ3n) is 22.7. The minimum atomic E-state index is -0.516. The number of aromatic nitrogens is 2. The van der Waals surface area contributed by atoms with Gasteiger partial charge >= 0.3 is 5.69 Å². The number of methoxy groups -OCH3 is 1. The van der Waals surface area contributed by atoms with Crippen LogP contribution in [-0.4, -0.2) is 110 Å². The van der Waals surface area contributed by atoms with Crippen molar-refractivity contribution in [1.82, 2.24) is 10.2 Å². The number of ether oxygens (including phenoxy) is 1. The van der Waals surface area contributed by atoms with Crippen molar-refractivity contribution in [2.75, 3.05) is 18.6 Å². The number of carbonyl (C=O) groups is 7. The normalized spacial score (nSPS) is 10.5. The molecule has 26 heteroatoms. The number of ketones is 7. The molecule has 0 amide bonds.